The molecule has 1 unspecified atom stereocenters. The van der Waals surface area contributed by atoms with Gasteiger partial charge in [-0.15, -0.1) is 0 Å². The molecule has 2 aliphatic heterocycles. The summed E-state index contributed by atoms with van der Waals surface area (Å²) >= 11 is 0. The fraction of sp³-hybridized carbons (Fsp3) is 0.381. The maximum Gasteiger partial charge on any atom is 0.228 e. The number of carbonyl (C=O) groups excluding carboxylic acids is 1. The molecule has 1 fully saturated rings. The van der Waals surface area contributed by atoms with Gasteiger partial charge in [-0.05, 0) is 53.8 Å². The monoisotopic (exact) mass is 336 g/mol. The number of fused-ring (bicyclic) bond motifs is 1. The van der Waals surface area contributed by atoms with Gasteiger partial charge in [-0.2, -0.15) is 0 Å². The van der Waals surface area contributed by atoms with Gasteiger partial charge in [0.1, 0.15) is 0 Å². The highest BCUT2D eigenvalue weighted by molar-refractivity contribution is 5.99. The number of ether oxygens (including phenoxy) is 1. The van der Waals surface area contributed by atoms with E-state index in [9.17, 15) is 4.79 Å². The molecule has 1 atom stereocenters. The lowest BCUT2D eigenvalue weighted by atomic mass is 9.94. The predicted octanol–water partition coefficient (Wildman–Crippen LogP) is 3.38. The lowest BCUT2D eigenvalue weighted by Gasteiger charge is -2.31. The van der Waals surface area contributed by atoms with Crippen LogP contribution in [0, 0.1) is 6.92 Å². The summed E-state index contributed by atoms with van der Waals surface area (Å²) in [5, 5.41) is 2.90. The number of amides is 1. The van der Waals surface area contributed by atoms with Crippen molar-refractivity contribution in [2.45, 2.75) is 32.9 Å². The summed E-state index contributed by atoms with van der Waals surface area (Å²) in [6.07, 6.45) is 0.784. The summed E-state index contributed by atoms with van der Waals surface area (Å²) in [4.78, 5) is 14.1. The third-order valence-corrected chi connectivity index (χ3v) is 5.21. The van der Waals surface area contributed by atoms with Crippen LogP contribution in [0.5, 0.6) is 0 Å². The standard InChI is InChI=1S/C21H24N2O2/c1-14-12-23(8-9-25-14)13-17-4-3-5-19(15(17)2)16-6-7-20-18(10-16)11-21(24)22-20/h3-7,10,14H,8-9,11-13H2,1-2H3,(H,22,24). The first-order valence-electron chi connectivity index (χ1n) is 8.96. The van der Waals surface area contributed by atoms with Crippen LogP contribution in [-0.4, -0.2) is 36.6 Å². The largest absolute Gasteiger partial charge is 0.376 e. The Morgan fingerprint density at radius 1 is 1.28 bits per heavy atom. The summed E-state index contributed by atoms with van der Waals surface area (Å²) in [6, 6.07) is 12.8. The molecule has 0 saturated carbocycles. The second-order valence-electron chi connectivity index (χ2n) is 7.10. The topological polar surface area (TPSA) is 41.6 Å². The molecule has 130 valence electrons. The zero-order valence-electron chi connectivity index (χ0n) is 14.8. The average molecular weight is 336 g/mol. The summed E-state index contributed by atoms with van der Waals surface area (Å²) in [6.45, 7) is 8.07. The highest BCUT2D eigenvalue weighted by Gasteiger charge is 2.20. The van der Waals surface area contributed by atoms with E-state index in [0.29, 0.717) is 12.5 Å². The van der Waals surface area contributed by atoms with Gasteiger partial charge in [0.25, 0.3) is 0 Å². The smallest absolute Gasteiger partial charge is 0.228 e. The quantitative estimate of drug-likeness (QED) is 0.934. The number of anilines is 1. The number of benzene rings is 2. The third kappa shape index (κ3) is 3.32. The van der Waals surface area contributed by atoms with E-state index in [2.05, 4.69) is 54.4 Å². The van der Waals surface area contributed by atoms with Gasteiger partial charge >= 0.3 is 0 Å². The minimum Gasteiger partial charge on any atom is -0.376 e. The molecule has 0 aliphatic carbocycles. The SMILES string of the molecule is Cc1c(CN2CCOC(C)C2)cccc1-c1ccc2c(c1)CC(=O)N2. The number of nitrogens with zero attached hydrogens (tertiary/aromatic N) is 1. The molecule has 2 aromatic carbocycles. The first-order chi connectivity index (χ1) is 12.1. The van der Waals surface area contributed by atoms with Crippen molar-refractivity contribution in [1.29, 1.82) is 0 Å². The molecule has 1 amide bonds. The second kappa shape index (κ2) is 6.62. The molecule has 2 aromatic rings. The van der Waals surface area contributed by atoms with Gasteiger partial charge in [0.05, 0.1) is 19.1 Å². The van der Waals surface area contributed by atoms with E-state index >= 15 is 0 Å². The molecule has 1 N–H and O–H groups in total. The van der Waals surface area contributed by atoms with Gasteiger partial charge in [-0.1, -0.05) is 24.3 Å². The van der Waals surface area contributed by atoms with Crippen LogP contribution in [0.3, 0.4) is 0 Å². The molecule has 0 aromatic heterocycles. The molecule has 25 heavy (non-hydrogen) atoms. The van der Waals surface area contributed by atoms with E-state index in [0.717, 1.165) is 37.5 Å². The van der Waals surface area contributed by atoms with Crippen LogP contribution in [0.4, 0.5) is 5.69 Å². The van der Waals surface area contributed by atoms with Crippen molar-refractivity contribution in [2.24, 2.45) is 0 Å². The summed E-state index contributed by atoms with van der Waals surface area (Å²) in [7, 11) is 0. The van der Waals surface area contributed by atoms with Crippen molar-refractivity contribution in [1.82, 2.24) is 4.90 Å². The van der Waals surface area contributed by atoms with E-state index in [-0.39, 0.29) is 5.91 Å². The summed E-state index contributed by atoms with van der Waals surface area (Å²) in [5.41, 5.74) is 7.16. The van der Waals surface area contributed by atoms with Crippen LogP contribution in [0.15, 0.2) is 36.4 Å². The van der Waals surface area contributed by atoms with Gasteiger partial charge in [0, 0.05) is 25.3 Å². The molecule has 1 saturated heterocycles. The van der Waals surface area contributed by atoms with Gasteiger partial charge in [0.15, 0.2) is 0 Å². The number of hydrogen-bond donors (Lipinski definition) is 1. The molecule has 2 aliphatic rings. The Morgan fingerprint density at radius 2 is 2.16 bits per heavy atom. The highest BCUT2D eigenvalue weighted by Crippen LogP contribution is 2.32. The normalized spacial score (nSPS) is 20.4. The summed E-state index contributed by atoms with van der Waals surface area (Å²) < 4.78 is 5.65. The zero-order chi connectivity index (χ0) is 17.4. The maximum atomic E-state index is 11.6. The number of hydrogen-bond acceptors (Lipinski definition) is 3. The Balaban J connectivity index is 1.61. The van der Waals surface area contributed by atoms with E-state index in [1.807, 2.05) is 6.07 Å². The predicted molar refractivity (Wildman–Crippen MR) is 99.6 cm³/mol. The Labute approximate surface area is 148 Å². The fourth-order valence-electron chi connectivity index (χ4n) is 3.84. The molecule has 4 nitrogen and oxygen atoms in total. The van der Waals surface area contributed by atoms with Gasteiger partial charge < -0.3 is 10.1 Å². The first kappa shape index (κ1) is 16.3. The van der Waals surface area contributed by atoms with Crippen LogP contribution in [-0.2, 0) is 22.5 Å². The maximum absolute atomic E-state index is 11.6. The molecular formula is C21H24N2O2. The van der Waals surface area contributed by atoms with Crippen LogP contribution >= 0.6 is 0 Å². The molecule has 0 spiro atoms. The molecule has 4 rings (SSSR count). The minimum atomic E-state index is 0.0825. The van der Waals surface area contributed by atoms with Crippen LogP contribution in [0.25, 0.3) is 11.1 Å². The van der Waals surface area contributed by atoms with E-state index in [1.165, 1.54) is 22.3 Å². The zero-order valence-corrected chi connectivity index (χ0v) is 14.8. The van der Waals surface area contributed by atoms with Gasteiger partial charge in [0.2, 0.25) is 5.91 Å². The average Bonchev–Trinajstić information content (AvgIpc) is 2.96. The Bertz CT molecular complexity index is 816. The van der Waals surface area contributed by atoms with Crippen molar-refractivity contribution in [3.8, 4) is 11.1 Å². The molecule has 0 bridgehead atoms. The van der Waals surface area contributed by atoms with Crippen molar-refractivity contribution in [3.05, 3.63) is 53.1 Å². The highest BCUT2D eigenvalue weighted by atomic mass is 16.5. The molecular weight excluding hydrogens is 312 g/mol. The van der Waals surface area contributed by atoms with Gasteiger partial charge in [-0.25, -0.2) is 0 Å². The minimum absolute atomic E-state index is 0.0825. The third-order valence-electron chi connectivity index (χ3n) is 5.21. The van der Waals surface area contributed by atoms with Crippen molar-refractivity contribution in [3.63, 3.8) is 0 Å². The molecule has 4 heteroatoms. The van der Waals surface area contributed by atoms with Crippen LogP contribution in [0.2, 0.25) is 0 Å². The number of carbonyl (C=O) groups is 1. The van der Waals surface area contributed by atoms with Crippen LogP contribution in [0.1, 0.15) is 23.6 Å². The van der Waals surface area contributed by atoms with E-state index < -0.39 is 0 Å². The number of morpholine rings is 1. The van der Waals surface area contributed by atoms with E-state index in [1.54, 1.807) is 0 Å². The van der Waals surface area contributed by atoms with Crippen LogP contribution < -0.4 is 5.32 Å². The summed E-state index contributed by atoms with van der Waals surface area (Å²) in [5.74, 6) is 0.0825. The fourth-order valence-corrected chi connectivity index (χ4v) is 3.84. The molecule has 0 radical (unpaired) electrons. The van der Waals surface area contributed by atoms with Crippen molar-refractivity contribution >= 4 is 11.6 Å². The Hall–Kier alpha value is -2.17. The first-order valence-corrected chi connectivity index (χ1v) is 8.96. The van der Waals surface area contributed by atoms with E-state index in [4.69, 9.17) is 4.74 Å². The Morgan fingerprint density at radius 3 is 3.00 bits per heavy atom. The Kier molecular flexibility index (Phi) is 4.32. The number of nitrogens with one attached hydrogen (secondary N) is 1. The van der Waals surface area contributed by atoms with Crippen molar-refractivity contribution < 1.29 is 9.53 Å². The molecule has 2 heterocycles. The van der Waals surface area contributed by atoms with Crippen molar-refractivity contribution in [2.75, 3.05) is 25.0 Å². The van der Waals surface area contributed by atoms with Gasteiger partial charge in [-0.3, -0.25) is 9.69 Å². The lowest BCUT2D eigenvalue weighted by molar-refractivity contribution is -0.115. The number of rotatable bonds is 3. The lowest BCUT2D eigenvalue weighted by Crippen LogP contribution is -2.40. The second-order valence-corrected chi connectivity index (χ2v) is 7.10.